The molecule has 0 aliphatic heterocycles. The summed E-state index contributed by atoms with van der Waals surface area (Å²) < 4.78 is 0. The van der Waals surface area contributed by atoms with Gasteiger partial charge >= 0.3 is 0 Å². The smallest absolute Gasteiger partial charge is 0.251 e. The monoisotopic (exact) mass is 245 g/mol. The number of carbonyl (C=O) groups is 1. The Morgan fingerprint density at radius 2 is 2.22 bits per heavy atom. The first-order valence-electron chi connectivity index (χ1n) is 6.22. The predicted octanol–water partition coefficient (Wildman–Crippen LogP) is 1.81. The minimum Gasteiger partial charge on any atom is -0.361 e. The Hall–Kier alpha value is -1.81. The van der Waals surface area contributed by atoms with Crippen LogP contribution in [0.2, 0.25) is 0 Å². The maximum Gasteiger partial charge on any atom is 0.251 e. The standard InChI is InChI=1S/C14H19N3O/c1-9(2)17-14(18)10-3-4-13-12(7-10)11(5-6-15)8-16-13/h3-4,7-9,16H,5-6,15H2,1-2H3,(H,17,18). The number of carbonyl (C=O) groups excluding carboxylic acids is 1. The first-order chi connectivity index (χ1) is 8.61. The van der Waals surface area contributed by atoms with Gasteiger partial charge in [-0.05, 0) is 50.6 Å². The van der Waals surface area contributed by atoms with E-state index in [1.807, 2.05) is 38.2 Å². The number of fused-ring (bicyclic) bond motifs is 1. The number of amides is 1. The molecule has 2 aromatic rings. The van der Waals surface area contributed by atoms with Gasteiger partial charge in [-0.15, -0.1) is 0 Å². The van der Waals surface area contributed by atoms with Gasteiger partial charge in [-0.25, -0.2) is 0 Å². The second kappa shape index (κ2) is 5.23. The Morgan fingerprint density at radius 3 is 2.89 bits per heavy atom. The summed E-state index contributed by atoms with van der Waals surface area (Å²) in [6.07, 6.45) is 2.77. The van der Waals surface area contributed by atoms with Crippen LogP contribution in [0.5, 0.6) is 0 Å². The average molecular weight is 245 g/mol. The number of nitrogens with two attached hydrogens (primary N) is 1. The number of rotatable bonds is 4. The van der Waals surface area contributed by atoms with Crippen LogP contribution in [0.1, 0.15) is 29.8 Å². The average Bonchev–Trinajstić information content (AvgIpc) is 2.71. The Bertz CT molecular complexity index is 557. The number of aromatic amines is 1. The van der Waals surface area contributed by atoms with Crippen LogP contribution < -0.4 is 11.1 Å². The third-order valence-corrected chi connectivity index (χ3v) is 2.86. The molecule has 0 radical (unpaired) electrons. The molecule has 1 heterocycles. The lowest BCUT2D eigenvalue weighted by Crippen LogP contribution is -2.29. The van der Waals surface area contributed by atoms with Crippen molar-refractivity contribution >= 4 is 16.8 Å². The van der Waals surface area contributed by atoms with Gasteiger partial charge in [-0.1, -0.05) is 0 Å². The van der Waals surface area contributed by atoms with Gasteiger partial charge in [0.1, 0.15) is 0 Å². The molecule has 0 atom stereocenters. The topological polar surface area (TPSA) is 70.9 Å². The van der Waals surface area contributed by atoms with E-state index in [-0.39, 0.29) is 11.9 Å². The van der Waals surface area contributed by atoms with Crippen LogP contribution in [0, 0.1) is 0 Å². The molecule has 0 saturated carbocycles. The highest BCUT2D eigenvalue weighted by Gasteiger charge is 2.10. The minimum absolute atomic E-state index is 0.0354. The molecule has 0 fully saturated rings. The Morgan fingerprint density at radius 1 is 1.44 bits per heavy atom. The molecule has 0 unspecified atom stereocenters. The van der Waals surface area contributed by atoms with Crippen molar-refractivity contribution in [2.45, 2.75) is 26.3 Å². The van der Waals surface area contributed by atoms with Crippen molar-refractivity contribution in [1.29, 1.82) is 0 Å². The zero-order valence-electron chi connectivity index (χ0n) is 10.8. The lowest BCUT2D eigenvalue weighted by Gasteiger charge is -2.08. The van der Waals surface area contributed by atoms with Crippen LogP contribution >= 0.6 is 0 Å². The molecule has 4 N–H and O–H groups in total. The largest absolute Gasteiger partial charge is 0.361 e. The molecule has 96 valence electrons. The number of benzene rings is 1. The van der Waals surface area contributed by atoms with E-state index in [4.69, 9.17) is 5.73 Å². The van der Waals surface area contributed by atoms with Crippen molar-refractivity contribution in [3.05, 3.63) is 35.5 Å². The summed E-state index contributed by atoms with van der Waals surface area (Å²) in [6.45, 7) is 4.51. The third-order valence-electron chi connectivity index (χ3n) is 2.86. The zero-order valence-corrected chi connectivity index (χ0v) is 10.8. The highest BCUT2D eigenvalue weighted by Crippen LogP contribution is 2.20. The first kappa shape index (κ1) is 12.6. The molecular weight excluding hydrogens is 226 g/mol. The summed E-state index contributed by atoms with van der Waals surface area (Å²) >= 11 is 0. The lowest BCUT2D eigenvalue weighted by molar-refractivity contribution is 0.0943. The van der Waals surface area contributed by atoms with Gasteiger partial charge in [-0.2, -0.15) is 0 Å². The molecule has 0 aliphatic carbocycles. The summed E-state index contributed by atoms with van der Waals surface area (Å²) in [5.41, 5.74) is 8.47. The predicted molar refractivity (Wildman–Crippen MR) is 73.7 cm³/mol. The van der Waals surface area contributed by atoms with E-state index in [1.54, 1.807) is 0 Å². The van der Waals surface area contributed by atoms with E-state index >= 15 is 0 Å². The van der Waals surface area contributed by atoms with Crippen molar-refractivity contribution in [2.75, 3.05) is 6.54 Å². The van der Waals surface area contributed by atoms with Gasteiger partial charge in [0.05, 0.1) is 0 Å². The SMILES string of the molecule is CC(C)NC(=O)c1ccc2[nH]cc(CCN)c2c1. The van der Waals surface area contributed by atoms with Gasteiger partial charge in [0.15, 0.2) is 0 Å². The highest BCUT2D eigenvalue weighted by atomic mass is 16.1. The molecule has 0 saturated heterocycles. The van der Waals surface area contributed by atoms with E-state index in [1.165, 1.54) is 0 Å². The molecule has 4 nitrogen and oxygen atoms in total. The molecule has 1 aromatic heterocycles. The molecule has 1 amide bonds. The van der Waals surface area contributed by atoms with Gasteiger partial charge in [-0.3, -0.25) is 4.79 Å². The molecule has 0 bridgehead atoms. The Labute approximate surface area is 107 Å². The second-order valence-corrected chi connectivity index (χ2v) is 4.74. The fourth-order valence-electron chi connectivity index (χ4n) is 2.03. The fourth-order valence-corrected chi connectivity index (χ4v) is 2.03. The summed E-state index contributed by atoms with van der Waals surface area (Å²) in [5, 5.41) is 3.97. The molecule has 0 aliphatic rings. The van der Waals surface area contributed by atoms with Gasteiger partial charge in [0, 0.05) is 28.7 Å². The second-order valence-electron chi connectivity index (χ2n) is 4.74. The molecule has 0 spiro atoms. The number of hydrogen-bond acceptors (Lipinski definition) is 2. The van der Waals surface area contributed by atoms with Crippen molar-refractivity contribution in [2.24, 2.45) is 5.73 Å². The molecule has 4 heteroatoms. The van der Waals surface area contributed by atoms with E-state index in [0.29, 0.717) is 12.1 Å². The van der Waals surface area contributed by atoms with E-state index < -0.39 is 0 Å². The summed E-state index contributed by atoms with van der Waals surface area (Å²) in [7, 11) is 0. The minimum atomic E-state index is -0.0354. The number of nitrogens with one attached hydrogen (secondary N) is 2. The van der Waals surface area contributed by atoms with E-state index in [9.17, 15) is 4.79 Å². The maximum absolute atomic E-state index is 11.9. The molecular formula is C14H19N3O. The van der Waals surface area contributed by atoms with Gasteiger partial charge in [0.2, 0.25) is 0 Å². The summed E-state index contributed by atoms with van der Waals surface area (Å²) in [5.74, 6) is -0.0354. The fraction of sp³-hybridized carbons (Fsp3) is 0.357. The zero-order chi connectivity index (χ0) is 13.1. The van der Waals surface area contributed by atoms with Crippen LogP contribution in [0.4, 0.5) is 0 Å². The maximum atomic E-state index is 11.9. The Kier molecular flexibility index (Phi) is 3.67. The van der Waals surface area contributed by atoms with Crippen molar-refractivity contribution in [1.82, 2.24) is 10.3 Å². The highest BCUT2D eigenvalue weighted by molar-refractivity contribution is 5.98. The first-order valence-corrected chi connectivity index (χ1v) is 6.22. The van der Waals surface area contributed by atoms with E-state index in [2.05, 4.69) is 10.3 Å². The van der Waals surface area contributed by atoms with E-state index in [0.717, 1.165) is 22.9 Å². The Balaban J connectivity index is 2.35. The van der Waals surface area contributed by atoms with Crippen LogP contribution in [0.3, 0.4) is 0 Å². The van der Waals surface area contributed by atoms with Crippen LogP contribution in [-0.2, 0) is 6.42 Å². The summed E-state index contributed by atoms with van der Waals surface area (Å²) in [6, 6.07) is 5.84. The summed E-state index contributed by atoms with van der Waals surface area (Å²) in [4.78, 5) is 15.1. The van der Waals surface area contributed by atoms with Gasteiger partial charge in [0.25, 0.3) is 5.91 Å². The van der Waals surface area contributed by atoms with Crippen LogP contribution in [-0.4, -0.2) is 23.5 Å². The van der Waals surface area contributed by atoms with Crippen LogP contribution in [0.15, 0.2) is 24.4 Å². The normalized spacial score (nSPS) is 11.1. The van der Waals surface area contributed by atoms with Crippen molar-refractivity contribution in [3.8, 4) is 0 Å². The van der Waals surface area contributed by atoms with Gasteiger partial charge < -0.3 is 16.0 Å². The molecule has 18 heavy (non-hydrogen) atoms. The number of hydrogen-bond donors (Lipinski definition) is 3. The van der Waals surface area contributed by atoms with Crippen molar-refractivity contribution < 1.29 is 4.79 Å². The lowest BCUT2D eigenvalue weighted by atomic mass is 10.1. The van der Waals surface area contributed by atoms with Crippen molar-refractivity contribution in [3.63, 3.8) is 0 Å². The quantitative estimate of drug-likeness (QED) is 0.768. The number of aromatic nitrogens is 1. The molecule has 1 aromatic carbocycles. The number of H-pyrrole nitrogens is 1. The molecule has 2 rings (SSSR count). The third kappa shape index (κ3) is 2.54. The van der Waals surface area contributed by atoms with Crippen LogP contribution in [0.25, 0.3) is 10.9 Å².